The zero-order valence-electron chi connectivity index (χ0n) is 12.4. The molecule has 7 heteroatoms. The van der Waals surface area contributed by atoms with E-state index in [0.717, 1.165) is 0 Å². The molecule has 4 nitrogen and oxygen atoms in total. The van der Waals surface area contributed by atoms with E-state index >= 15 is 0 Å². The van der Waals surface area contributed by atoms with Crippen molar-refractivity contribution in [3.05, 3.63) is 34.6 Å². The minimum Gasteiger partial charge on any atom is -0.338 e. The summed E-state index contributed by atoms with van der Waals surface area (Å²) in [4.78, 5) is 14.1. The predicted octanol–water partition coefficient (Wildman–Crippen LogP) is 2.45. The third-order valence-corrected chi connectivity index (χ3v) is 5.93. The molecule has 0 spiro atoms. The molecule has 0 aromatic heterocycles. The molecule has 0 saturated carbocycles. The smallest absolute Gasteiger partial charge is 0.227 e. The summed E-state index contributed by atoms with van der Waals surface area (Å²) in [5.41, 5.74) is 0.163. The van der Waals surface area contributed by atoms with Gasteiger partial charge in [0.2, 0.25) is 5.91 Å². The Morgan fingerprint density at radius 3 is 2.73 bits per heavy atom. The first-order chi connectivity index (χ1) is 10.3. The number of sulfone groups is 1. The molecular formula is C15H19ClFNO3S. The van der Waals surface area contributed by atoms with Crippen molar-refractivity contribution >= 4 is 27.3 Å². The quantitative estimate of drug-likeness (QED) is 0.822. The summed E-state index contributed by atoms with van der Waals surface area (Å²) < 4.78 is 37.0. The van der Waals surface area contributed by atoms with E-state index in [9.17, 15) is 17.6 Å². The standard InChI is InChI=1S/C15H19ClFNO3S/c1-2-7-18(11-6-8-22(20,21)10-11)15(19)9-12-13(16)4-3-5-14(12)17/h3-5,11H,2,6-10H2,1H3/t11-/m1/s1. The number of amides is 1. The summed E-state index contributed by atoms with van der Waals surface area (Å²) in [5, 5.41) is 0.212. The van der Waals surface area contributed by atoms with Crippen molar-refractivity contribution in [2.75, 3.05) is 18.1 Å². The van der Waals surface area contributed by atoms with Gasteiger partial charge in [-0.1, -0.05) is 24.6 Å². The Labute approximate surface area is 135 Å². The summed E-state index contributed by atoms with van der Waals surface area (Å²) >= 11 is 5.95. The number of rotatable bonds is 5. The Bertz CT molecular complexity index is 643. The van der Waals surface area contributed by atoms with Crippen LogP contribution in [0.25, 0.3) is 0 Å². The Morgan fingerprint density at radius 2 is 2.18 bits per heavy atom. The third-order valence-electron chi connectivity index (χ3n) is 3.82. The van der Waals surface area contributed by atoms with E-state index in [2.05, 4.69) is 0 Å². The molecule has 1 heterocycles. The number of hydrogen-bond donors (Lipinski definition) is 0. The molecule has 1 fully saturated rings. The van der Waals surface area contributed by atoms with Crippen molar-refractivity contribution in [2.45, 2.75) is 32.2 Å². The first-order valence-corrected chi connectivity index (χ1v) is 9.46. The number of carbonyl (C=O) groups is 1. The molecule has 1 aromatic rings. The largest absolute Gasteiger partial charge is 0.338 e. The van der Waals surface area contributed by atoms with Crippen LogP contribution in [0.3, 0.4) is 0 Å². The fourth-order valence-electron chi connectivity index (χ4n) is 2.73. The highest BCUT2D eigenvalue weighted by atomic mass is 35.5. The fourth-order valence-corrected chi connectivity index (χ4v) is 4.69. The van der Waals surface area contributed by atoms with E-state index in [4.69, 9.17) is 11.6 Å². The molecule has 122 valence electrons. The monoisotopic (exact) mass is 347 g/mol. The van der Waals surface area contributed by atoms with Gasteiger partial charge >= 0.3 is 0 Å². The van der Waals surface area contributed by atoms with Gasteiger partial charge in [0, 0.05) is 23.2 Å². The molecule has 1 aromatic carbocycles. The second-order valence-electron chi connectivity index (χ2n) is 5.52. The predicted molar refractivity (Wildman–Crippen MR) is 84.2 cm³/mol. The molecule has 1 saturated heterocycles. The minimum absolute atomic E-state index is 0.0102. The van der Waals surface area contributed by atoms with Crippen LogP contribution >= 0.6 is 11.6 Å². The second kappa shape index (κ2) is 6.96. The maximum Gasteiger partial charge on any atom is 0.227 e. The highest BCUT2D eigenvalue weighted by Gasteiger charge is 2.34. The molecule has 0 unspecified atom stereocenters. The third kappa shape index (κ3) is 3.98. The van der Waals surface area contributed by atoms with Crippen LogP contribution in [0.15, 0.2) is 18.2 Å². The summed E-state index contributed by atoms with van der Waals surface area (Å²) in [6.45, 7) is 2.38. The zero-order valence-corrected chi connectivity index (χ0v) is 14.0. The van der Waals surface area contributed by atoms with Crippen molar-refractivity contribution < 1.29 is 17.6 Å². The van der Waals surface area contributed by atoms with E-state index < -0.39 is 15.7 Å². The lowest BCUT2D eigenvalue weighted by Gasteiger charge is -2.28. The topological polar surface area (TPSA) is 54.5 Å². The normalized spacial score (nSPS) is 20.0. The Balaban J connectivity index is 2.17. The summed E-state index contributed by atoms with van der Waals surface area (Å²) in [6, 6.07) is 3.97. The lowest BCUT2D eigenvalue weighted by Crippen LogP contribution is -2.42. The van der Waals surface area contributed by atoms with E-state index in [-0.39, 0.29) is 40.5 Å². The van der Waals surface area contributed by atoms with Crippen molar-refractivity contribution in [1.82, 2.24) is 4.90 Å². The first-order valence-electron chi connectivity index (χ1n) is 7.27. The molecule has 22 heavy (non-hydrogen) atoms. The van der Waals surface area contributed by atoms with Gasteiger partial charge in [-0.05, 0) is 25.0 Å². The van der Waals surface area contributed by atoms with Crippen LogP contribution in [-0.2, 0) is 21.1 Å². The highest BCUT2D eigenvalue weighted by Crippen LogP contribution is 2.23. The van der Waals surface area contributed by atoms with Crippen LogP contribution in [0, 0.1) is 5.82 Å². The molecule has 1 amide bonds. The maximum absolute atomic E-state index is 13.8. The number of halogens is 2. The lowest BCUT2D eigenvalue weighted by molar-refractivity contribution is -0.132. The van der Waals surface area contributed by atoms with Crippen molar-refractivity contribution in [3.8, 4) is 0 Å². The van der Waals surface area contributed by atoms with Crippen LogP contribution < -0.4 is 0 Å². The molecule has 2 rings (SSSR count). The molecule has 0 radical (unpaired) electrons. The fraction of sp³-hybridized carbons (Fsp3) is 0.533. The lowest BCUT2D eigenvalue weighted by atomic mass is 10.1. The number of carbonyl (C=O) groups excluding carboxylic acids is 1. The molecule has 0 N–H and O–H groups in total. The number of nitrogens with zero attached hydrogens (tertiary/aromatic N) is 1. The molecule has 1 aliphatic rings. The number of hydrogen-bond acceptors (Lipinski definition) is 3. The van der Waals surface area contributed by atoms with E-state index in [1.807, 2.05) is 6.92 Å². The van der Waals surface area contributed by atoms with Crippen LogP contribution in [0.5, 0.6) is 0 Å². The minimum atomic E-state index is -3.08. The van der Waals surface area contributed by atoms with Crippen LogP contribution in [0.4, 0.5) is 4.39 Å². The second-order valence-corrected chi connectivity index (χ2v) is 8.16. The Morgan fingerprint density at radius 1 is 1.45 bits per heavy atom. The first kappa shape index (κ1) is 17.2. The van der Waals surface area contributed by atoms with Crippen molar-refractivity contribution in [2.24, 2.45) is 0 Å². The summed E-state index contributed by atoms with van der Waals surface area (Å²) in [5.74, 6) is -0.706. The molecule has 0 aliphatic carbocycles. The van der Waals surface area contributed by atoms with Gasteiger partial charge in [-0.25, -0.2) is 12.8 Å². The van der Waals surface area contributed by atoms with E-state index in [1.54, 1.807) is 4.90 Å². The van der Waals surface area contributed by atoms with Gasteiger partial charge in [-0.2, -0.15) is 0 Å². The zero-order chi connectivity index (χ0) is 16.3. The maximum atomic E-state index is 13.8. The SMILES string of the molecule is CCCN(C(=O)Cc1c(F)cccc1Cl)[C@@H]1CCS(=O)(=O)C1. The van der Waals surface area contributed by atoms with Gasteiger partial charge in [-0.3, -0.25) is 4.79 Å². The van der Waals surface area contributed by atoms with Crippen LogP contribution in [-0.4, -0.2) is 43.3 Å². The number of benzene rings is 1. The average Bonchev–Trinajstić information content (AvgIpc) is 2.80. The van der Waals surface area contributed by atoms with Gasteiger partial charge < -0.3 is 4.90 Å². The molecule has 1 aliphatic heterocycles. The Hall–Kier alpha value is -1.14. The summed E-state index contributed by atoms with van der Waals surface area (Å²) in [7, 11) is -3.08. The van der Waals surface area contributed by atoms with E-state index in [0.29, 0.717) is 19.4 Å². The van der Waals surface area contributed by atoms with Gasteiger partial charge in [-0.15, -0.1) is 0 Å². The molecule has 1 atom stereocenters. The molecular weight excluding hydrogens is 329 g/mol. The van der Waals surface area contributed by atoms with Gasteiger partial charge in [0.05, 0.1) is 17.9 Å². The highest BCUT2D eigenvalue weighted by molar-refractivity contribution is 7.91. The van der Waals surface area contributed by atoms with Crippen LogP contribution in [0.1, 0.15) is 25.3 Å². The average molecular weight is 348 g/mol. The molecule has 0 bridgehead atoms. The van der Waals surface area contributed by atoms with Gasteiger partial charge in [0.1, 0.15) is 5.82 Å². The van der Waals surface area contributed by atoms with Crippen molar-refractivity contribution in [3.63, 3.8) is 0 Å². The Kier molecular flexibility index (Phi) is 5.45. The van der Waals surface area contributed by atoms with Crippen LogP contribution in [0.2, 0.25) is 5.02 Å². The van der Waals surface area contributed by atoms with Crippen molar-refractivity contribution in [1.29, 1.82) is 0 Å². The van der Waals surface area contributed by atoms with E-state index in [1.165, 1.54) is 18.2 Å². The van der Waals surface area contributed by atoms with Gasteiger partial charge in [0.25, 0.3) is 0 Å². The van der Waals surface area contributed by atoms with Gasteiger partial charge in [0.15, 0.2) is 9.84 Å². The summed E-state index contributed by atoms with van der Waals surface area (Å²) in [6.07, 6.45) is 1.01.